The van der Waals surface area contributed by atoms with Crippen molar-refractivity contribution >= 4 is 5.97 Å². The van der Waals surface area contributed by atoms with E-state index in [0.29, 0.717) is 12.7 Å². The highest BCUT2D eigenvalue weighted by molar-refractivity contribution is 5.65. The van der Waals surface area contributed by atoms with Crippen LogP contribution in [0.25, 0.3) is 0 Å². The average molecular weight is 288 g/mol. The second-order valence-corrected chi connectivity index (χ2v) is 5.37. The lowest BCUT2D eigenvalue weighted by atomic mass is 10.2. The van der Waals surface area contributed by atoms with Gasteiger partial charge in [-0.3, -0.25) is 4.79 Å². The highest BCUT2D eigenvalue weighted by atomic mass is 16.5. The topological polar surface area (TPSA) is 65.0 Å². The van der Waals surface area contributed by atoms with E-state index in [0.717, 1.165) is 25.9 Å². The van der Waals surface area contributed by atoms with Gasteiger partial charge in [-0.1, -0.05) is 12.8 Å². The first-order valence-corrected chi connectivity index (χ1v) is 7.69. The van der Waals surface area contributed by atoms with Crippen LogP contribution in [0.3, 0.4) is 0 Å². The van der Waals surface area contributed by atoms with Crippen molar-refractivity contribution < 1.29 is 24.1 Å². The zero-order valence-corrected chi connectivity index (χ0v) is 12.5. The number of esters is 1. The van der Waals surface area contributed by atoms with E-state index in [9.17, 15) is 9.90 Å². The van der Waals surface area contributed by atoms with E-state index in [4.69, 9.17) is 9.47 Å². The maximum absolute atomic E-state index is 10.5. The summed E-state index contributed by atoms with van der Waals surface area (Å²) in [5, 5.41) is 9.44. The van der Waals surface area contributed by atoms with Crippen LogP contribution in [0.2, 0.25) is 0 Å². The summed E-state index contributed by atoms with van der Waals surface area (Å²) in [7, 11) is 0. The van der Waals surface area contributed by atoms with Gasteiger partial charge in [-0.2, -0.15) is 0 Å². The van der Waals surface area contributed by atoms with Gasteiger partial charge < -0.3 is 19.3 Å². The predicted octanol–water partition coefficient (Wildman–Crippen LogP) is 2.06. The molecule has 1 N–H and O–H groups in total. The third kappa shape index (κ3) is 9.28. The quantitative estimate of drug-likeness (QED) is 0.465. The van der Waals surface area contributed by atoms with Gasteiger partial charge in [-0.05, 0) is 32.1 Å². The van der Waals surface area contributed by atoms with Gasteiger partial charge >= 0.3 is 5.97 Å². The standard InChI is InChI=1S/C15H28O5/c1-13(16)20-12-14(17)11-18-9-5-2-6-10-19-15-7-3-4-8-15/h14-15,17H,2-12H2,1H3. The smallest absolute Gasteiger partial charge is 0.302 e. The van der Waals surface area contributed by atoms with Gasteiger partial charge in [-0.15, -0.1) is 0 Å². The van der Waals surface area contributed by atoms with E-state index in [1.165, 1.54) is 32.6 Å². The first kappa shape index (κ1) is 17.4. The van der Waals surface area contributed by atoms with E-state index < -0.39 is 6.10 Å². The molecule has 0 amide bonds. The molecular weight excluding hydrogens is 260 g/mol. The number of rotatable bonds is 11. The lowest BCUT2D eigenvalue weighted by Gasteiger charge is -2.12. The summed E-state index contributed by atoms with van der Waals surface area (Å²) in [4.78, 5) is 10.5. The fourth-order valence-corrected chi connectivity index (χ4v) is 2.27. The number of carbonyl (C=O) groups excluding carboxylic acids is 1. The van der Waals surface area contributed by atoms with E-state index >= 15 is 0 Å². The molecule has 1 aliphatic rings. The monoisotopic (exact) mass is 288 g/mol. The summed E-state index contributed by atoms with van der Waals surface area (Å²) < 4.78 is 15.8. The third-order valence-corrected chi connectivity index (χ3v) is 3.38. The maximum atomic E-state index is 10.5. The molecule has 5 heteroatoms. The Kier molecular flexibility index (Phi) is 9.62. The lowest BCUT2D eigenvalue weighted by molar-refractivity contribution is -0.145. The number of ether oxygens (including phenoxy) is 3. The fraction of sp³-hybridized carbons (Fsp3) is 0.933. The molecule has 1 saturated carbocycles. The van der Waals surface area contributed by atoms with Crippen LogP contribution in [-0.4, -0.2) is 49.7 Å². The van der Waals surface area contributed by atoms with Gasteiger partial charge in [0.05, 0.1) is 12.7 Å². The van der Waals surface area contributed by atoms with Crippen molar-refractivity contribution in [1.29, 1.82) is 0 Å². The molecule has 0 aromatic carbocycles. The molecule has 5 nitrogen and oxygen atoms in total. The van der Waals surface area contributed by atoms with Gasteiger partial charge in [0.2, 0.25) is 0 Å². The zero-order chi connectivity index (χ0) is 14.6. The van der Waals surface area contributed by atoms with Crippen LogP contribution in [0.1, 0.15) is 51.9 Å². The van der Waals surface area contributed by atoms with Crippen LogP contribution in [0, 0.1) is 0 Å². The minimum atomic E-state index is -0.732. The summed E-state index contributed by atoms with van der Waals surface area (Å²) in [6.07, 6.45) is 7.96. The summed E-state index contributed by atoms with van der Waals surface area (Å²) in [5.41, 5.74) is 0. The highest BCUT2D eigenvalue weighted by Crippen LogP contribution is 2.21. The van der Waals surface area contributed by atoms with Crippen LogP contribution in [0.15, 0.2) is 0 Å². The van der Waals surface area contributed by atoms with Gasteiger partial charge in [0, 0.05) is 20.1 Å². The normalized spacial score (nSPS) is 17.3. The maximum Gasteiger partial charge on any atom is 0.302 e. The molecule has 1 fully saturated rings. The molecule has 1 rings (SSSR count). The zero-order valence-electron chi connectivity index (χ0n) is 12.5. The van der Waals surface area contributed by atoms with E-state index in [2.05, 4.69) is 4.74 Å². The van der Waals surface area contributed by atoms with Crippen LogP contribution in [0.4, 0.5) is 0 Å². The lowest BCUT2D eigenvalue weighted by Crippen LogP contribution is -2.23. The van der Waals surface area contributed by atoms with Crippen molar-refractivity contribution in [1.82, 2.24) is 0 Å². The molecule has 0 spiro atoms. The second-order valence-electron chi connectivity index (χ2n) is 5.37. The Bertz CT molecular complexity index is 251. The van der Waals surface area contributed by atoms with Crippen LogP contribution in [-0.2, 0) is 19.0 Å². The number of aliphatic hydroxyl groups excluding tert-OH is 1. The minimum Gasteiger partial charge on any atom is -0.463 e. The molecule has 0 aliphatic heterocycles. The number of hydrogen-bond donors (Lipinski definition) is 1. The summed E-state index contributed by atoms with van der Waals surface area (Å²) in [6.45, 7) is 3.01. The van der Waals surface area contributed by atoms with Crippen LogP contribution >= 0.6 is 0 Å². The first-order valence-electron chi connectivity index (χ1n) is 7.69. The Morgan fingerprint density at radius 2 is 1.85 bits per heavy atom. The highest BCUT2D eigenvalue weighted by Gasteiger charge is 2.14. The van der Waals surface area contributed by atoms with E-state index in [1.54, 1.807) is 0 Å². The molecule has 0 radical (unpaired) electrons. The Balaban J connectivity index is 1.78. The number of carbonyl (C=O) groups is 1. The molecule has 0 bridgehead atoms. The first-order chi connectivity index (χ1) is 9.68. The fourth-order valence-electron chi connectivity index (χ4n) is 2.27. The summed E-state index contributed by atoms with van der Waals surface area (Å²) in [6, 6.07) is 0. The Labute approximate surface area is 121 Å². The number of aliphatic hydroxyl groups is 1. The molecule has 0 saturated heterocycles. The summed E-state index contributed by atoms with van der Waals surface area (Å²) in [5.74, 6) is -0.383. The molecule has 0 heterocycles. The molecule has 1 aliphatic carbocycles. The van der Waals surface area contributed by atoms with Crippen molar-refractivity contribution in [3.63, 3.8) is 0 Å². The van der Waals surface area contributed by atoms with Crippen molar-refractivity contribution in [3.8, 4) is 0 Å². The van der Waals surface area contributed by atoms with E-state index in [1.807, 2.05) is 0 Å². The van der Waals surface area contributed by atoms with E-state index in [-0.39, 0.29) is 19.2 Å². The molecule has 0 aromatic rings. The van der Waals surface area contributed by atoms with Crippen LogP contribution < -0.4 is 0 Å². The van der Waals surface area contributed by atoms with Crippen molar-refractivity contribution in [2.45, 2.75) is 64.1 Å². The number of hydrogen-bond acceptors (Lipinski definition) is 5. The molecule has 20 heavy (non-hydrogen) atoms. The molecule has 118 valence electrons. The molecular formula is C15H28O5. The Hall–Kier alpha value is -0.650. The Morgan fingerprint density at radius 3 is 2.55 bits per heavy atom. The van der Waals surface area contributed by atoms with Gasteiger partial charge in [0.1, 0.15) is 12.7 Å². The van der Waals surface area contributed by atoms with Crippen molar-refractivity contribution in [2.75, 3.05) is 26.4 Å². The molecule has 0 aromatic heterocycles. The van der Waals surface area contributed by atoms with Gasteiger partial charge in [0.15, 0.2) is 0 Å². The Morgan fingerprint density at radius 1 is 1.15 bits per heavy atom. The average Bonchev–Trinajstić information content (AvgIpc) is 2.92. The van der Waals surface area contributed by atoms with Crippen LogP contribution in [0.5, 0.6) is 0 Å². The third-order valence-electron chi connectivity index (χ3n) is 3.38. The summed E-state index contributed by atoms with van der Waals surface area (Å²) >= 11 is 0. The van der Waals surface area contributed by atoms with Crippen molar-refractivity contribution in [3.05, 3.63) is 0 Å². The van der Waals surface area contributed by atoms with Gasteiger partial charge in [-0.25, -0.2) is 0 Å². The minimum absolute atomic E-state index is 0.00453. The largest absolute Gasteiger partial charge is 0.463 e. The molecule has 1 unspecified atom stereocenters. The number of unbranched alkanes of at least 4 members (excludes halogenated alkanes) is 2. The van der Waals surface area contributed by atoms with Gasteiger partial charge in [0.25, 0.3) is 0 Å². The SMILES string of the molecule is CC(=O)OCC(O)COCCCCCOC1CCCC1. The second kappa shape index (κ2) is 11.1. The predicted molar refractivity (Wildman–Crippen MR) is 75.5 cm³/mol. The van der Waals surface area contributed by atoms with Crippen molar-refractivity contribution in [2.24, 2.45) is 0 Å². The molecule has 1 atom stereocenters.